The van der Waals surface area contributed by atoms with Crippen molar-refractivity contribution < 1.29 is 9.90 Å². The first kappa shape index (κ1) is 25.6. The average Bonchev–Trinajstić information content (AvgIpc) is 3.19. The number of rotatable bonds is 8. The Morgan fingerprint density at radius 2 is 2.03 bits per heavy atom. The number of hydrogen-bond acceptors (Lipinski definition) is 6. The van der Waals surface area contributed by atoms with Gasteiger partial charge < -0.3 is 15.0 Å². The maximum absolute atomic E-state index is 12.5. The molecule has 36 heavy (non-hydrogen) atoms. The van der Waals surface area contributed by atoms with Crippen molar-refractivity contribution in [2.75, 3.05) is 18.9 Å². The van der Waals surface area contributed by atoms with Crippen LogP contribution < -0.4 is 5.32 Å². The van der Waals surface area contributed by atoms with Crippen LogP contribution in [-0.4, -0.2) is 39.1 Å². The molecule has 3 N–H and O–H groups in total. The Morgan fingerprint density at radius 1 is 1.25 bits per heavy atom. The Hall–Kier alpha value is -3.52. The smallest absolute Gasteiger partial charge is 0.310 e. The van der Waals surface area contributed by atoms with Crippen molar-refractivity contribution in [2.45, 2.75) is 59.7 Å². The van der Waals surface area contributed by atoms with E-state index >= 15 is 0 Å². The number of carboxylic acids is 1. The molecule has 8 heteroatoms. The second-order valence-electron chi connectivity index (χ2n) is 10.3. The molecule has 1 aromatic heterocycles. The van der Waals surface area contributed by atoms with Gasteiger partial charge in [-0.3, -0.25) is 9.69 Å². The number of benzene rings is 2. The standard InChI is InChI=1S/C28H36N6O2/c1-18-7-8-20(13-21(18)15-33-11-6-12-34-17-31-14-22(34)16-33)25(28(3,4)27(35)36)23-9-10-24(30-5)26(32-29)19(23)2/h7-10,13-14,17,25,29-30H,6,11-12,15-16H2,1-5H3,(H,35,36). The summed E-state index contributed by atoms with van der Waals surface area (Å²) in [6, 6.07) is 10.2. The molecule has 2 heterocycles. The molecule has 0 aliphatic carbocycles. The summed E-state index contributed by atoms with van der Waals surface area (Å²) in [5, 5.41) is 17.1. The highest BCUT2D eigenvalue weighted by molar-refractivity contribution is 5.78. The first-order chi connectivity index (χ1) is 17.2. The van der Waals surface area contributed by atoms with Crippen LogP contribution in [0.25, 0.3) is 0 Å². The molecule has 1 aliphatic heterocycles. The molecule has 0 spiro atoms. The Morgan fingerprint density at radius 3 is 2.72 bits per heavy atom. The van der Waals surface area contributed by atoms with E-state index in [1.165, 1.54) is 16.8 Å². The molecule has 0 saturated carbocycles. The lowest BCUT2D eigenvalue weighted by molar-refractivity contribution is -0.147. The van der Waals surface area contributed by atoms with Gasteiger partial charge in [0, 0.05) is 45.3 Å². The summed E-state index contributed by atoms with van der Waals surface area (Å²) >= 11 is 0. The number of imidazole rings is 1. The molecule has 0 fully saturated rings. The van der Waals surface area contributed by atoms with Crippen molar-refractivity contribution in [3.05, 3.63) is 76.4 Å². The molecule has 0 amide bonds. The molecule has 1 aliphatic rings. The molecule has 0 saturated heterocycles. The maximum atomic E-state index is 12.5. The monoisotopic (exact) mass is 488 g/mol. The van der Waals surface area contributed by atoms with E-state index in [0.29, 0.717) is 5.69 Å². The second kappa shape index (κ2) is 10.2. The van der Waals surface area contributed by atoms with Gasteiger partial charge in [-0.1, -0.05) is 24.3 Å². The number of carboxylic acid groups (broad SMARTS) is 1. The SMILES string of the molecule is CNc1ccc(C(c2ccc(C)c(CN3CCCn4cncc4C3)c2)C(C)(C)C(=O)O)c(C)c1N=N. The molecule has 2 aromatic carbocycles. The lowest BCUT2D eigenvalue weighted by Gasteiger charge is -2.33. The Balaban J connectivity index is 1.77. The van der Waals surface area contributed by atoms with E-state index in [4.69, 9.17) is 5.53 Å². The maximum Gasteiger partial charge on any atom is 0.310 e. The fourth-order valence-corrected chi connectivity index (χ4v) is 5.35. The minimum Gasteiger partial charge on any atom is -0.481 e. The van der Waals surface area contributed by atoms with Crippen LogP contribution in [0, 0.1) is 24.8 Å². The summed E-state index contributed by atoms with van der Waals surface area (Å²) in [5.41, 5.74) is 14.2. The fraction of sp³-hybridized carbons (Fsp3) is 0.429. The second-order valence-corrected chi connectivity index (χ2v) is 10.3. The van der Waals surface area contributed by atoms with Gasteiger partial charge in [-0.05, 0) is 68.0 Å². The summed E-state index contributed by atoms with van der Waals surface area (Å²) < 4.78 is 2.22. The molecular weight excluding hydrogens is 452 g/mol. The molecule has 190 valence electrons. The molecule has 1 unspecified atom stereocenters. The highest BCUT2D eigenvalue weighted by Crippen LogP contribution is 2.46. The molecule has 4 rings (SSSR count). The van der Waals surface area contributed by atoms with E-state index in [1.54, 1.807) is 20.9 Å². The van der Waals surface area contributed by atoms with Gasteiger partial charge in [-0.25, -0.2) is 10.5 Å². The zero-order chi connectivity index (χ0) is 26.0. The number of fused-ring (bicyclic) bond motifs is 1. The first-order valence-electron chi connectivity index (χ1n) is 12.4. The molecule has 1 atom stereocenters. The first-order valence-corrected chi connectivity index (χ1v) is 12.4. The van der Waals surface area contributed by atoms with Crippen molar-refractivity contribution >= 4 is 17.3 Å². The summed E-state index contributed by atoms with van der Waals surface area (Å²) in [7, 11) is 1.80. The van der Waals surface area contributed by atoms with Gasteiger partial charge in [0.25, 0.3) is 0 Å². The van der Waals surface area contributed by atoms with Crippen molar-refractivity contribution in [2.24, 2.45) is 10.5 Å². The normalized spacial score (nSPS) is 15.1. The minimum absolute atomic E-state index is 0.411. The van der Waals surface area contributed by atoms with E-state index in [-0.39, 0.29) is 0 Å². The molecule has 8 nitrogen and oxygen atoms in total. The van der Waals surface area contributed by atoms with E-state index in [1.807, 2.05) is 31.6 Å². The number of hydrogen-bond donors (Lipinski definition) is 3. The third-order valence-corrected chi connectivity index (χ3v) is 7.60. The number of aryl methyl sites for hydroxylation is 2. The Kier molecular flexibility index (Phi) is 7.26. The largest absolute Gasteiger partial charge is 0.481 e. The van der Waals surface area contributed by atoms with Gasteiger partial charge in [-0.2, -0.15) is 5.11 Å². The minimum atomic E-state index is -1.08. The number of aromatic nitrogens is 2. The summed E-state index contributed by atoms with van der Waals surface area (Å²) in [4.78, 5) is 19.3. The van der Waals surface area contributed by atoms with Crippen molar-refractivity contribution in [3.8, 4) is 0 Å². The van der Waals surface area contributed by atoms with Crippen LogP contribution >= 0.6 is 0 Å². The number of carbonyl (C=O) groups is 1. The van der Waals surface area contributed by atoms with Crippen molar-refractivity contribution in [1.82, 2.24) is 14.5 Å². The van der Waals surface area contributed by atoms with E-state index < -0.39 is 17.3 Å². The predicted octanol–water partition coefficient (Wildman–Crippen LogP) is 5.85. The molecule has 0 radical (unpaired) electrons. The third kappa shape index (κ3) is 4.78. The third-order valence-electron chi connectivity index (χ3n) is 7.60. The van der Waals surface area contributed by atoms with Crippen LogP contribution in [0.3, 0.4) is 0 Å². The number of anilines is 1. The van der Waals surface area contributed by atoms with Crippen LogP contribution in [0.4, 0.5) is 11.4 Å². The van der Waals surface area contributed by atoms with Gasteiger partial charge in [0.15, 0.2) is 0 Å². The van der Waals surface area contributed by atoms with Gasteiger partial charge in [0.1, 0.15) is 5.69 Å². The summed E-state index contributed by atoms with van der Waals surface area (Å²) in [5.74, 6) is -1.27. The number of nitrogens with zero attached hydrogens (tertiary/aromatic N) is 4. The lowest BCUT2D eigenvalue weighted by atomic mass is 9.69. The quantitative estimate of drug-likeness (QED) is 0.345. The van der Waals surface area contributed by atoms with Gasteiger partial charge in [-0.15, -0.1) is 0 Å². The summed E-state index contributed by atoms with van der Waals surface area (Å²) in [6.07, 6.45) is 4.91. The number of aliphatic carboxylic acids is 1. The lowest BCUT2D eigenvalue weighted by Crippen LogP contribution is -2.32. The topological polar surface area (TPSA) is 107 Å². The Bertz CT molecular complexity index is 1280. The highest BCUT2D eigenvalue weighted by Gasteiger charge is 2.40. The molecule has 0 bridgehead atoms. The molecule has 3 aromatic rings. The summed E-state index contributed by atoms with van der Waals surface area (Å²) in [6.45, 7) is 11.2. The van der Waals surface area contributed by atoms with Crippen LogP contribution in [0.5, 0.6) is 0 Å². The number of nitrogens with one attached hydrogen (secondary N) is 2. The predicted molar refractivity (Wildman–Crippen MR) is 141 cm³/mol. The van der Waals surface area contributed by atoms with Crippen LogP contribution in [0.15, 0.2) is 48.0 Å². The Labute approximate surface area is 212 Å². The van der Waals surface area contributed by atoms with E-state index in [0.717, 1.165) is 55.0 Å². The van der Waals surface area contributed by atoms with Crippen LogP contribution in [0.1, 0.15) is 59.7 Å². The van der Waals surface area contributed by atoms with Crippen LogP contribution in [0.2, 0.25) is 0 Å². The highest BCUT2D eigenvalue weighted by atomic mass is 16.4. The van der Waals surface area contributed by atoms with Crippen molar-refractivity contribution in [3.63, 3.8) is 0 Å². The zero-order valence-electron chi connectivity index (χ0n) is 21.8. The zero-order valence-corrected chi connectivity index (χ0v) is 21.8. The fourth-order valence-electron chi connectivity index (χ4n) is 5.35. The molecular formula is C28H36N6O2. The average molecular weight is 489 g/mol. The van der Waals surface area contributed by atoms with Crippen molar-refractivity contribution in [1.29, 1.82) is 5.53 Å². The van der Waals surface area contributed by atoms with Gasteiger partial charge in [0.05, 0.1) is 23.1 Å². The van der Waals surface area contributed by atoms with E-state index in [9.17, 15) is 9.90 Å². The van der Waals surface area contributed by atoms with E-state index in [2.05, 4.69) is 50.0 Å². The van der Waals surface area contributed by atoms with Gasteiger partial charge in [0.2, 0.25) is 0 Å². The van der Waals surface area contributed by atoms with Crippen LogP contribution in [-0.2, 0) is 24.4 Å². The van der Waals surface area contributed by atoms with Gasteiger partial charge >= 0.3 is 5.97 Å².